The molecule has 2 fully saturated rings. The van der Waals surface area contributed by atoms with Gasteiger partial charge < -0.3 is 72.6 Å². The number of phenolic OH excluding ortho intramolecular Hbond substituents is 1. The largest absolute Gasteiger partial charge is 0.504 e. The van der Waals surface area contributed by atoms with Crippen LogP contribution in [0.1, 0.15) is 90.9 Å². The summed E-state index contributed by atoms with van der Waals surface area (Å²) in [6.45, 7) is 15.1. The number of amides is 2. The molecule has 12 rings (SSSR count). The minimum absolute atomic E-state index is 0.0124. The molecule has 29 heteroatoms. The highest BCUT2D eigenvalue weighted by Crippen LogP contribution is 2.61. The smallest absolute Gasteiger partial charge is 0.407 e. The molecule has 4 aromatic carbocycles. The van der Waals surface area contributed by atoms with Gasteiger partial charge in [0.05, 0.1) is 50.5 Å². The summed E-state index contributed by atoms with van der Waals surface area (Å²) >= 11 is 35.0. The van der Waals surface area contributed by atoms with Crippen molar-refractivity contribution in [2.24, 2.45) is 0 Å². The van der Waals surface area contributed by atoms with Gasteiger partial charge in [0, 0.05) is 88.9 Å². The van der Waals surface area contributed by atoms with Gasteiger partial charge >= 0.3 is 12.2 Å². The highest BCUT2D eigenvalue weighted by molar-refractivity contribution is 6.68. The Morgan fingerprint density at radius 1 is 0.611 bits per heavy atom. The van der Waals surface area contributed by atoms with Crippen molar-refractivity contribution < 1.29 is 71.5 Å². The van der Waals surface area contributed by atoms with E-state index in [1.165, 1.54) is 7.11 Å². The molecular formula is C66H74Cl6N8O15. The van der Waals surface area contributed by atoms with Crippen molar-refractivity contribution in [3.05, 3.63) is 104 Å². The third-order valence-corrected chi connectivity index (χ3v) is 19.8. The van der Waals surface area contributed by atoms with Crippen molar-refractivity contribution in [3.8, 4) is 69.6 Å². The molecule has 8 aliphatic rings. The summed E-state index contributed by atoms with van der Waals surface area (Å²) in [6, 6.07) is 5.37. The first-order chi connectivity index (χ1) is 45.4. The predicted octanol–water partition coefficient (Wildman–Crippen LogP) is 10.6. The van der Waals surface area contributed by atoms with E-state index in [1.54, 1.807) is 26.4 Å². The van der Waals surface area contributed by atoms with Gasteiger partial charge in [0.15, 0.2) is 52.8 Å². The Morgan fingerprint density at radius 2 is 1.03 bits per heavy atom. The van der Waals surface area contributed by atoms with Crippen LogP contribution in [-0.2, 0) is 39.9 Å². The topological polar surface area (TPSA) is 250 Å². The number of carbonyl (C=O) groups excluding carboxylic acids is 2. The molecule has 95 heavy (non-hydrogen) atoms. The molecule has 0 aliphatic carbocycles. The third kappa shape index (κ3) is 12.8. The minimum Gasteiger partial charge on any atom is -0.504 e. The maximum Gasteiger partial charge on any atom is 0.407 e. The number of phenols is 1. The fraction of sp³-hybridized carbons (Fsp3) is 0.515. The first-order valence-electron chi connectivity index (χ1n) is 30.7. The molecular weight excluding hydrogens is 1360 g/mol. The number of nitrogens with one attached hydrogen (secondary N) is 2. The molecule has 2 saturated heterocycles. The number of alkyl halides is 6. The van der Waals surface area contributed by atoms with Crippen LogP contribution in [0.4, 0.5) is 9.59 Å². The molecule has 0 saturated carbocycles. The first kappa shape index (κ1) is 69.8. The van der Waals surface area contributed by atoms with Crippen LogP contribution >= 0.6 is 69.6 Å². The van der Waals surface area contributed by atoms with Gasteiger partial charge in [0.1, 0.15) is 50.0 Å². The molecule has 0 spiro atoms. The molecule has 2 unspecified atom stereocenters. The number of methoxy groups -OCH3 is 3. The number of aromatic hydroxyl groups is 1. The average molecular weight is 1430 g/mol. The van der Waals surface area contributed by atoms with E-state index in [-0.39, 0.29) is 88.7 Å². The zero-order chi connectivity index (χ0) is 68.3. The van der Waals surface area contributed by atoms with Gasteiger partial charge in [-0.05, 0) is 89.7 Å². The molecule has 8 heterocycles. The summed E-state index contributed by atoms with van der Waals surface area (Å²) in [5, 5.41) is 39.0. The molecule has 23 nitrogen and oxygen atoms in total. The number of hydrogen-bond donors (Lipinski definition) is 3. The van der Waals surface area contributed by atoms with Gasteiger partial charge in [-0.25, -0.2) is 9.59 Å². The van der Waals surface area contributed by atoms with Crippen LogP contribution in [0, 0.1) is 50.4 Å². The van der Waals surface area contributed by atoms with Gasteiger partial charge in [-0.1, -0.05) is 107 Å². The maximum atomic E-state index is 13.0. The second-order valence-electron chi connectivity index (χ2n) is 24.4. The second kappa shape index (κ2) is 28.1. The molecule has 4 aromatic rings. The Kier molecular flexibility index (Phi) is 20.6. The minimum atomic E-state index is -1.78. The Labute approximate surface area is 581 Å². The standard InChI is InChI=1S/C34H39Cl3N4O8.C32H35Cl3N4O7/c1-7-8-45-29-18(3)30-32(49-16-48-30)26-20(29)11-22-27-25-19(9-17(2)28(44-6)31(25)47-15-43-5)10-21(40(27)4)23(12-38)41(22)24(26)13-39-33(42)46-14-34(35,36)37;1-6-7-43-28-16(3)29-30(46-14-45-29)24-18(28)10-20-25-23-17(8-15(2)27(42-5)26(23)40)9-19(38(25)4)21(11-36)39(20)22(24)12-37-31(41)44-13-32(33,34)35/h7,9,21-24,27H,1,8,10-11,13-16H2,2-6H3,(H,39,42);6,8,19-22,25,40H,1,7,9-10,12-14H2,2-5H3,(H,37,41)/t21-,22?,23-,24-,27-;19-,20?,21-,22-,25-/m00/s1. The van der Waals surface area contributed by atoms with E-state index in [4.69, 9.17) is 126 Å². The zero-order valence-electron chi connectivity index (χ0n) is 53.8. The van der Waals surface area contributed by atoms with Crippen LogP contribution < -0.4 is 53.3 Å². The monoisotopic (exact) mass is 1430 g/mol. The van der Waals surface area contributed by atoms with E-state index >= 15 is 0 Å². The second-order valence-corrected chi connectivity index (χ2v) is 29.4. The van der Waals surface area contributed by atoms with E-state index in [2.05, 4.69) is 61.6 Å². The van der Waals surface area contributed by atoms with Crippen molar-refractivity contribution in [3.63, 3.8) is 0 Å². The number of benzene rings is 4. The van der Waals surface area contributed by atoms with Gasteiger partial charge in [-0.15, -0.1) is 0 Å². The van der Waals surface area contributed by atoms with Gasteiger partial charge in [0.25, 0.3) is 0 Å². The fourth-order valence-electron chi connectivity index (χ4n) is 15.7. The number of likely N-dealkylation sites (N-methyl/N-ethyl adjacent to an activating group) is 2. The first-order valence-corrected chi connectivity index (χ1v) is 32.9. The normalized spacial score (nSPS) is 24.2. The molecule has 510 valence electrons. The summed E-state index contributed by atoms with van der Waals surface area (Å²) in [7, 11) is 8.77. The molecule has 10 atom stereocenters. The Balaban J connectivity index is 0.000000194. The number of hydrogen-bond acceptors (Lipinski definition) is 21. The van der Waals surface area contributed by atoms with E-state index in [1.807, 2.05) is 47.9 Å². The van der Waals surface area contributed by atoms with Crippen LogP contribution in [0.15, 0.2) is 37.4 Å². The number of aryl methyl sites for hydroxylation is 2. The summed E-state index contributed by atoms with van der Waals surface area (Å²) in [5.74, 6) is 5.21. The number of ether oxygens (including phenoxy) is 12. The van der Waals surface area contributed by atoms with Crippen molar-refractivity contribution in [2.75, 3.05) is 95.3 Å². The lowest BCUT2D eigenvalue weighted by atomic mass is 9.71. The maximum absolute atomic E-state index is 13.0. The zero-order valence-corrected chi connectivity index (χ0v) is 58.3. The number of alkyl carbamates (subject to hydrolysis) is 2. The van der Waals surface area contributed by atoms with Crippen molar-refractivity contribution in [2.45, 2.75) is 121 Å². The SMILES string of the molecule is C=CCOc1c(C)c2c(c3c1CC1[C@H]4c5c(cc(C)c(OC)c5O)C[C@@H]([C@H](C#N)N1[C@H]3CNC(=O)OCC(Cl)(Cl)Cl)N4C)OCO2.C=CCOc1c(C)c2c(c3c1CC1[C@H]4c5c(cc(C)c(OC)c5OCOC)C[C@@H]([C@H](C#N)N1[C@H]3CNC(=O)OCC(Cl)(Cl)Cl)N4C)OCO2. The number of nitrogens with zero attached hydrogens (tertiary/aromatic N) is 6. The summed E-state index contributed by atoms with van der Waals surface area (Å²) < 4.78 is 66.7. The summed E-state index contributed by atoms with van der Waals surface area (Å²) in [4.78, 5) is 34.6. The molecule has 2 amide bonds. The van der Waals surface area contributed by atoms with E-state index in [0.29, 0.717) is 77.4 Å². The predicted molar refractivity (Wildman–Crippen MR) is 354 cm³/mol. The van der Waals surface area contributed by atoms with Gasteiger partial charge in [-0.3, -0.25) is 19.6 Å². The van der Waals surface area contributed by atoms with Gasteiger partial charge in [-0.2, -0.15) is 10.5 Å². The van der Waals surface area contributed by atoms with Crippen LogP contribution in [0.25, 0.3) is 0 Å². The quantitative estimate of drug-likeness (QED) is 0.0505. The lowest BCUT2D eigenvalue weighted by Gasteiger charge is -2.60. The fourth-order valence-corrected chi connectivity index (χ4v) is 16.1. The number of nitriles is 2. The molecule has 4 bridgehead atoms. The van der Waals surface area contributed by atoms with Crippen molar-refractivity contribution in [1.29, 1.82) is 10.5 Å². The number of fused-ring (bicyclic) bond motifs is 18. The third-order valence-electron chi connectivity index (χ3n) is 19.1. The Bertz CT molecular complexity index is 3780. The van der Waals surface area contributed by atoms with E-state index in [9.17, 15) is 25.2 Å². The van der Waals surface area contributed by atoms with Crippen LogP contribution in [0.3, 0.4) is 0 Å². The van der Waals surface area contributed by atoms with Gasteiger partial charge in [0.2, 0.25) is 21.2 Å². The summed E-state index contributed by atoms with van der Waals surface area (Å²) in [6.07, 6.45) is 3.82. The number of halogens is 6. The van der Waals surface area contributed by atoms with Crippen LogP contribution in [0.2, 0.25) is 0 Å². The average Bonchev–Trinajstić information content (AvgIpc) is 1.45. The number of carbonyl (C=O) groups is 2. The Morgan fingerprint density at radius 3 is 1.44 bits per heavy atom. The van der Waals surface area contributed by atoms with Crippen molar-refractivity contribution in [1.82, 2.24) is 30.2 Å². The lowest BCUT2D eigenvalue weighted by molar-refractivity contribution is -0.0731. The van der Waals surface area contributed by atoms with E-state index < -0.39 is 57.2 Å². The molecule has 8 aliphatic heterocycles. The van der Waals surface area contributed by atoms with E-state index in [0.717, 1.165) is 66.8 Å². The van der Waals surface area contributed by atoms with Crippen molar-refractivity contribution >= 4 is 81.8 Å². The molecule has 0 radical (unpaired) electrons. The molecule has 3 N–H and O–H groups in total. The Hall–Kier alpha value is -6.58. The number of rotatable bonds is 17. The lowest BCUT2D eigenvalue weighted by Crippen LogP contribution is -2.68. The number of piperazine rings is 2. The highest BCUT2D eigenvalue weighted by atomic mass is 35.6. The highest BCUT2D eigenvalue weighted by Gasteiger charge is 2.59. The summed E-state index contributed by atoms with van der Waals surface area (Å²) in [5.41, 5.74) is 10.4. The van der Waals surface area contributed by atoms with Crippen LogP contribution in [0.5, 0.6) is 57.5 Å². The van der Waals surface area contributed by atoms with Crippen LogP contribution in [-0.4, -0.2) is 176 Å². The molecule has 0 aromatic heterocycles.